The number of fused-ring (bicyclic) bond motifs is 2. The zero-order valence-electron chi connectivity index (χ0n) is 24.1. The summed E-state index contributed by atoms with van der Waals surface area (Å²) in [6.07, 6.45) is 1.27. The van der Waals surface area contributed by atoms with Crippen LogP contribution in [0, 0.1) is 5.41 Å². The fourth-order valence-corrected chi connectivity index (χ4v) is 6.18. The molecule has 3 heterocycles. The van der Waals surface area contributed by atoms with Gasteiger partial charge in [0.25, 0.3) is 5.91 Å². The standard InChI is InChI=1S/C31H40N4O5/c1-7-31(8-2)17-24(36)35(28(32)34-31)21-16-29(3,4)39-23-14-13-18(15-20(21)23)27(38)33-25-19-11-9-10-12-22(19)40-30(5,6)26(25)37/h9-15,21,25-26,37H,7-8,16-17H2,1-6H3,(H2,32,34)(H,33,38)/t21-,25-,26+/m1/s1. The van der Waals surface area contributed by atoms with E-state index in [0.29, 0.717) is 41.0 Å². The number of ether oxygens (including phenoxy) is 2. The van der Waals surface area contributed by atoms with Gasteiger partial charge in [-0.1, -0.05) is 32.0 Å². The van der Waals surface area contributed by atoms with Crippen molar-refractivity contribution < 1.29 is 24.2 Å². The van der Waals surface area contributed by atoms with Crippen molar-refractivity contribution in [3.05, 3.63) is 59.2 Å². The lowest BCUT2D eigenvalue weighted by Gasteiger charge is -2.48. The largest absolute Gasteiger partial charge is 0.487 e. The monoisotopic (exact) mass is 548 g/mol. The van der Waals surface area contributed by atoms with Gasteiger partial charge in [-0.15, -0.1) is 0 Å². The molecule has 40 heavy (non-hydrogen) atoms. The van der Waals surface area contributed by atoms with Gasteiger partial charge in [-0.3, -0.25) is 19.9 Å². The third-order valence-electron chi connectivity index (χ3n) is 8.69. The second-order valence-corrected chi connectivity index (χ2v) is 12.4. The molecule has 9 heteroatoms. The molecule has 0 spiro atoms. The highest BCUT2D eigenvalue weighted by molar-refractivity contribution is 6.00. The van der Waals surface area contributed by atoms with E-state index in [2.05, 4.69) is 10.6 Å². The van der Waals surface area contributed by atoms with Gasteiger partial charge >= 0.3 is 0 Å². The molecular weight excluding hydrogens is 508 g/mol. The highest BCUT2D eigenvalue weighted by Gasteiger charge is 2.47. The van der Waals surface area contributed by atoms with Crippen LogP contribution >= 0.6 is 0 Å². The molecule has 9 nitrogen and oxygen atoms in total. The van der Waals surface area contributed by atoms with E-state index in [1.807, 2.05) is 52.0 Å². The summed E-state index contributed by atoms with van der Waals surface area (Å²) in [5.74, 6) is 0.803. The van der Waals surface area contributed by atoms with Gasteiger partial charge in [-0.25, -0.2) is 0 Å². The molecule has 0 radical (unpaired) electrons. The van der Waals surface area contributed by atoms with Crippen molar-refractivity contribution in [2.45, 2.75) is 102 Å². The van der Waals surface area contributed by atoms with Crippen LogP contribution in [-0.4, -0.2) is 50.6 Å². The van der Waals surface area contributed by atoms with E-state index in [9.17, 15) is 14.7 Å². The number of benzene rings is 2. The molecule has 5 rings (SSSR count). The second-order valence-electron chi connectivity index (χ2n) is 12.4. The fraction of sp³-hybridized carbons (Fsp3) is 0.516. The van der Waals surface area contributed by atoms with E-state index >= 15 is 0 Å². The molecule has 2 aromatic rings. The molecule has 2 amide bonds. The van der Waals surface area contributed by atoms with Crippen molar-refractivity contribution in [3.63, 3.8) is 0 Å². The molecule has 3 aliphatic heterocycles. The maximum absolute atomic E-state index is 13.6. The minimum Gasteiger partial charge on any atom is -0.487 e. The van der Waals surface area contributed by atoms with Crippen LogP contribution in [0.3, 0.4) is 0 Å². The van der Waals surface area contributed by atoms with Crippen molar-refractivity contribution in [2.75, 3.05) is 0 Å². The number of hydrogen-bond acceptors (Lipinski definition) is 6. The number of para-hydroxylation sites is 1. The Hall–Kier alpha value is -3.59. The predicted molar refractivity (Wildman–Crippen MR) is 152 cm³/mol. The number of nitrogens with one attached hydrogen (secondary N) is 3. The van der Waals surface area contributed by atoms with E-state index in [0.717, 1.165) is 12.8 Å². The molecule has 3 atom stereocenters. The summed E-state index contributed by atoms with van der Waals surface area (Å²) in [4.78, 5) is 28.7. The Labute approximate surface area is 235 Å². The molecule has 0 unspecified atom stereocenters. The Morgan fingerprint density at radius 1 is 1.07 bits per heavy atom. The summed E-state index contributed by atoms with van der Waals surface area (Å²) in [5, 5.41) is 26.2. The highest BCUT2D eigenvalue weighted by atomic mass is 16.5. The summed E-state index contributed by atoms with van der Waals surface area (Å²) in [6, 6.07) is 11.4. The smallest absolute Gasteiger partial charge is 0.251 e. The van der Waals surface area contributed by atoms with Crippen molar-refractivity contribution in [2.24, 2.45) is 0 Å². The maximum atomic E-state index is 13.6. The van der Waals surface area contributed by atoms with Crippen LogP contribution in [0.4, 0.5) is 0 Å². The normalized spacial score (nSPS) is 26.0. The molecule has 1 saturated heterocycles. The highest BCUT2D eigenvalue weighted by Crippen LogP contribution is 2.45. The molecule has 0 aromatic heterocycles. The number of aliphatic hydroxyl groups excluding tert-OH is 1. The minimum atomic E-state index is -0.976. The first-order valence-electron chi connectivity index (χ1n) is 14.1. The first-order valence-corrected chi connectivity index (χ1v) is 14.1. The third-order valence-corrected chi connectivity index (χ3v) is 8.69. The number of aliphatic hydroxyl groups is 1. The zero-order valence-corrected chi connectivity index (χ0v) is 24.1. The number of rotatable bonds is 5. The fourth-order valence-electron chi connectivity index (χ4n) is 6.18. The molecule has 1 fully saturated rings. The second kappa shape index (κ2) is 9.80. The van der Waals surface area contributed by atoms with Crippen LogP contribution in [0.5, 0.6) is 11.5 Å². The predicted octanol–water partition coefficient (Wildman–Crippen LogP) is 4.61. The summed E-state index contributed by atoms with van der Waals surface area (Å²) < 4.78 is 12.2. The lowest BCUT2D eigenvalue weighted by Crippen LogP contribution is -2.63. The van der Waals surface area contributed by atoms with Crippen LogP contribution in [0.25, 0.3) is 0 Å². The Morgan fingerprint density at radius 2 is 1.75 bits per heavy atom. The topological polar surface area (TPSA) is 124 Å². The van der Waals surface area contributed by atoms with Crippen molar-refractivity contribution in [1.29, 1.82) is 5.41 Å². The van der Waals surface area contributed by atoms with Crippen LogP contribution in [-0.2, 0) is 4.79 Å². The molecule has 4 N–H and O–H groups in total. The minimum absolute atomic E-state index is 0.0765. The Morgan fingerprint density at radius 3 is 2.42 bits per heavy atom. The number of guanidine groups is 1. The molecule has 0 bridgehead atoms. The van der Waals surface area contributed by atoms with Gasteiger partial charge in [0, 0.05) is 28.7 Å². The molecule has 3 aliphatic rings. The van der Waals surface area contributed by atoms with Crippen LogP contribution < -0.4 is 20.1 Å². The van der Waals surface area contributed by atoms with Gasteiger partial charge in [0.1, 0.15) is 28.8 Å². The first kappa shape index (κ1) is 28.0. The van der Waals surface area contributed by atoms with Crippen molar-refractivity contribution in [3.8, 4) is 11.5 Å². The summed E-state index contributed by atoms with van der Waals surface area (Å²) >= 11 is 0. The van der Waals surface area contributed by atoms with Gasteiger partial charge in [-0.05, 0) is 64.8 Å². The van der Waals surface area contributed by atoms with Crippen molar-refractivity contribution in [1.82, 2.24) is 15.5 Å². The van der Waals surface area contributed by atoms with Gasteiger partial charge in [0.2, 0.25) is 5.91 Å². The van der Waals surface area contributed by atoms with Gasteiger partial charge in [-0.2, -0.15) is 0 Å². The number of amides is 2. The van der Waals surface area contributed by atoms with Crippen LogP contribution in [0.1, 0.15) is 101 Å². The summed E-state index contributed by atoms with van der Waals surface area (Å²) in [7, 11) is 0. The molecule has 2 aromatic carbocycles. The quantitative estimate of drug-likeness (QED) is 0.433. The molecular formula is C31H40N4O5. The molecule has 0 aliphatic carbocycles. The van der Waals surface area contributed by atoms with Gasteiger partial charge in [0.05, 0.1) is 18.5 Å². The van der Waals surface area contributed by atoms with Crippen LogP contribution in [0.2, 0.25) is 0 Å². The maximum Gasteiger partial charge on any atom is 0.251 e. The third kappa shape index (κ3) is 4.80. The molecule has 214 valence electrons. The Bertz CT molecular complexity index is 1330. The van der Waals surface area contributed by atoms with E-state index in [1.165, 1.54) is 4.90 Å². The summed E-state index contributed by atoms with van der Waals surface area (Å²) in [5.41, 5.74) is -0.140. The number of hydrogen-bond donors (Lipinski definition) is 4. The molecule has 0 saturated carbocycles. The number of nitrogens with zero attached hydrogens (tertiary/aromatic N) is 1. The SMILES string of the molecule is CCC1(CC)CC(=O)N([C@@H]2CC(C)(C)Oc3ccc(C(=O)N[C@@H]4c5ccccc5OC(C)(C)[C@H]4O)cc32)C(=N)N1. The first-order chi connectivity index (χ1) is 18.8. The lowest BCUT2D eigenvalue weighted by atomic mass is 9.83. The van der Waals surface area contributed by atoms with E-state index in [1.54, 1.807) is 32.0 Å². The summed E-state index contributed by atoms with van der Waals surface area (Å²) in [6.45, 7) is 11.6. The average molecular weight is 549 g/mol. The Kier molecular flexibility index (Phi) is 6.85. The van der Waals surface area contributed by atoms with E-state index in [4.69, 9.17) is 14.9 Å². The van der Waals surface area contributed by atoms with Gasteiger partial charge in [0.15, 0.2) is 5.96 Å². The van der Waals surface area contributed by atoms with Crippen molar-refractivity contribution >= 4 is 17.8 Å². The van der Waals surface area contributed by atoms with Gasteiger partial charge < -0.3 is 25.2 Å². The van der Waals surface area contributed by atoms with Crippen LogP contribution in [0.15, 0.2) is 42.5 Å². The van der Waals surface area contributed by atoms with E-state index in [-0.39, 0.29) is 17.8 Å². The number of carbonyl (C=O) groups excluding carboxylic acids is 2. The number of carbonyl (C=O) groups is 2. The lowest BCUT2D eigenvalue weighted by molar-refractivity contribution is -0.134. The van der Waals surface area contributed by atoms with E-state index < -0.39 is 34.9 Å². The Balaban J connectivity index is 1.47. The average Bonchev–Trinajstić information content (AvgIpc) is 2.89. The zero-order chi connectivity index (χ0) is 29.0.